The number of ether oxygens (including phenoxy) is 3. The number of hydrogen-bond donors (Lipinski definition) is 2. The number of benzene rings is 1. The molecule has 5 nitrogen and oxygen atoms in total. The molecular formula is C11H14O5. The fraction of sp³-hybridized carbons (Fsp3) is 0.455. The van der Waals surface area contributed by atoms with Crippen LogP contribution in [0.15, 0.2) is 12.1 Å². The highest BCUT2D eigenvalue weighted by molar-refractivity contribution is 5.51. The Morgan fingerprint density at radius 2 is 2.00 bits per heavy atom. The summed E-state index contributed by atoms with van der Waals surface area (Å²) in [6.07, 6.45) is -2.24. The van der Waals surface area contributed by atoms with Crippen LogP contribution in [-0.2, 0) is 11.3 Å². The highest BCUT2D eigenvalue weighted by Crippen LogP contribution is 2.39. The van der Waals surface area contributed by atoms with Gasteiger partial charge in [-0.15, -0.1) is 0 Å². The van der Waals surface area contributed by atoms with E-state index in [9.17, 15) is 10.2 Å². The lowest BCUT2D eigenvalue weighted by Crippen LogP contribution is -2.27. The highest BCUT2D eigenvalue weighted by Gasteiger charge is 2.30. The van der Waals surface area contributed by atoms with Crippen LogP contribution in [0.1, 0.15) is 17.2 Å². The molecule has 16 heavy (non-hydrogen) atoms. The minimum atomic E-state index is -1.19. The molecule has 0 aliphatic carbocycles. The van der Waals surface area contributed by atoms with Gasteiger partial charge in [-0.1, -0.05) is 6.07 Å². The van der Waals surface area contributed by atoms with Crippen LogP contribution in [0, 0.1) is 0 Å². The Morgan fingerprint density at radius 3 is 2.62 bits per heavy atom. The second-order valence-electron chi connectivity index (χ2n) is 3.52. The molecule has 0 amide bonds. The Labute approximate surface area is 93.2 Å². The lowest BCUT2D eigenvalue weighted by molar-refractivity contribution is -0.181. The van der Waals surface area contributed by atoms with Crippen molar-refractivity contribution in [1.29, 1.82) is 0 Å². The average Bonchev–Trinajstić information content (AvgIpc) is 2.32. The first kappa shape index (κ1) is 11.2. The molecule has 1 aliphatic rings. The van der Waals surface area contributed by atoms with Gasteiger partial charge in [-0.05, 0) is 11.6 Å². The molecule has 2 atom stereocenters. The number of hydrogen-bond acceptors (Lipinski definition) is 5. The summed E-state index contributed by atoms with van der Waals surface area (Å²) < 4.78 is 15.4. The molecule has 0 saturated carbocycles. The highest BCUT2D eigenvalue weighted by atomic mass is 16.6. The smallest absolute Gasteiger partial charge is 0.185 e. The van der Waals surface area contributed by atoms with Gasteiger partial charge >= 0.3 is 0 Å². The zero-order valence-electron chi connectivity index (χ0n) is 9.14. The Kier molecular flexibility index (Phi) is 3.00. The molecule has 1 aromatic rings. The monoisotopic (exact) mass is 226 g/mol. The number of aliphatic hydroxyl groups excluding tert-OH is 2. The predicted octanol–water partition coefficient (Wildman–Crippen LogP) is 0.586. The number of aliphatic hydroxyl groups is 2. The topological polar surface area (TPSA) is 68.2 Å². The third-order valence-corrected chi connectivity index (χ3v) is 2.67. The van der Waals surface area contributed by atoms with Crippen LogP contribution in [0.3, 0.4) is 0 Å². The van der Waals surface area contributed by atoms with E-state index in [0.29, 0.717) is 22.6 Å². The second-order valence-corrected chi connectivity index (χ2v) is 3.52. The number of fused-ring (bicyclic) bond motifs is 1. The minimum absolute atomic E-state index is 0.188. The first-order chi connectivity index (χ1) is 7.69. The number of methoxy groups -OCH3 is 2. The van der Waals surface area contributed by atoms with Crippen LogP contribution < -0.4 is 9.47 Å². The van der Waals surface area contributed by atoms with E-state index in [-0.39, 0.29) is 6.61 Å². The minimum Gasteiger partial charge on any atom is -0.493 e. The molecule has 2 unspecified atom stereocenters. The Bertz CT molecular complexity index is 390. The van der Waals surface area contributed by atoms with Crippen molar-refractivity contribution in [2.24, 2.45) is 0 Å². The zero-order valence-corrected chi connectivity index (χ0v) is 9.14. The van der Waals surface area contributed by atoms with Crippen molar-refractivity contribution in [3.8, 4) is 11.5 Å². The first-order valence-electron chi connectivity index (χ1n) is 4.90. The van der Waals surface area contributed by atoms with E-state index in [1.807, 2.05) is 0 Å². The van der Waals surface area contributed by atoms with Crippen molar-refractivity contribution in [3.05, 3.63) is 23.3 Å². The largest absolute Gasteiger partial charge is 0.493 e. The fourth-order valence-corrected chi connectivity index (χ4v) is 1.85. The summed E-state index contributed by atoms with van der Waals surface area (Å²) in [5.41, 5.74) is 1.32. The van der Waals surface area contributed by atoms with Crippen LogP contribution in [0.25, 0.3) is 0 Å². The molecule has 0 radical (unpaired) electrons. The average molecular weight is 226 g/mol. The van der Waals surface area contributed by atoms with Gasteiger partial charge in [0.1, 0.15) is 6.10 Å². The van der Waals surface area contributed by atoms with E-state index < -0.39 is 12.4 Å². The van der Waals surface area contributed by atoms with Crippen molar-refractivity contribution in [2.75, 3.05) is 14.2 Å². The molecule has 0 bridgehead atoms. The molecule has 0 aromatic heterocycles. The van der Waals surface area contributed by atoms with Crippen molar-refractivity contribution in [2.45, 2.75) is 19.0 Å². The summed E-state index contributed by atoms with van der Waals surface area (Å²) >= 11 is 0. The third-order valence-electron chi connectivity index (χ3n) is 2.67. The molecule has 1 aliphatic heterocycles. The molecule has 1 heterocycles. The fourth-order valence-electron chi connectivity index (χ4n) is 1.85. The molecule has 2 N–H and O–H groups in total. The lowest BCUT2D eigenvalue weighted by atomic mass is 9.98. The Balaban J connectivity index is 2.52. The number of rotatable bonds is 2. The van der Waals surface area contributed by atoms with Crippen LogP contribution in [0.5, 0.6) is 11.5 Å². The summed E-state index contributed by atoms with van der Waals surface area (Å²) in [6.45, 7) is 0.188. The summed E-state index contributed by atoms with van der Waals surface area (Å²) in [5.74, 6) is 1.11. The Hall–Kier alpha value is -1.30. The van der Waals surface area contributed by atoms with E-state index in [2.05, 4.69) is 0 Å². The van der Waals surface area contributed by atoms with Crippen molar-refractivity contribution >= 4 is 0 Å². The molecule has 0 saturated heterocycles. The maximum Gasteiger partial charge on any atom is 0.185 e. The van der Waals surface area contributed by atoms with Gasteiger partial charge < -0.3 is 24.4 Å². The SMILES string of the molecule is COc1ccc2c(c1OC)COC(O)C2O. The normalized spacial score (nSPS) is 23.8. The van der Waals surface area contributed by atoms with Gasteiger partial charge in [-0.25, -0.2) is 0 Å². The summed E-state index contributed by atoms with van der Waals surface area (Å²) in [5, 5.41) is 19.1. The van der Waals surface area contributed by atoms with E-state index in [4.69, 9.17) is 14.2 Å². The van der Waals surface area contributed by atoms with Gasteiger partial charge in [0.2, 0.25) is 0 Å². The van der Waals surface area contributed by atoms with Crippen LogP contribution >= 0.6 is 0 Å². The van der Waals surface area contributed by atoms with Gasteiger partial charge in [-0.3, -0.25) is 0 Å². The van der Waals surface area contributed by atoms with E-state index in [1.54, 1.807) is 19.2 Å². The van der Waals surface area contributed by atoms with Crippen LogP contribution in [-0.4, -0.2) is 30.7 Å². The summed E-state index contributed by atoms with van der Waals surface area (Å²) in [6, 6.07) is 3.39. The van der Waals surface area contributed by atoms with Crippen molar-refractivity contribution in [1.82, 2.24) is 0 Å². The van der Waals surface area contributed by atoms with Gasteiger partial charge in [0, 0.05) is 5.56 Å². The molecular weight excluding hydrogens is 212 g/mol. The van der Waals surface area contributed by atoms with E-state index in [0.717, 1.165) is 0 Å². The van der Waals surface area contributed by atoms with Crippen molar-refractivity contribution in [3.63, 3.8) is 0 Å². The predicted molar refractivity (Wildman–Crippen MR) is 55.3 cm³/mol. The molecule has 0 spiro atoms. The first-order valence-corrected chi connectivity index (χ1v) is 4.90. The molecule has 0 fully saturated rings. The standard InChI is InChI=1S/C11H14O5/c1-14-8-4-3-6-7(10(8)15-2)5-16-11(13)9(6)12/h3-4,9,11-13H,5H2,1-2H3. The summed E-state index contributed by atoms with van der Waals surface area (Å²) in [7, 11) is 3.06. The zero-order chi connectivity index (χ0) is 11.7. The van der Waals surface area contributed by atoms with Gasteiger partial charge in [0.15, 0.2) is 17.8 Å². The van der Waals surface area contributed by atoms with Gasteiger partial charge in [0.25, 0.3) is 0 Å². The summed E-state index contributed by atoms with van der Waals surface area (Å²) in [4.78, 5) is 0. The maximum absolute atomic E-state index is 9.74. The molecule has 1 aromatic carbocycles. The quantitative estimate of drug-likeness (QED) is 0.772. The lowest BCUT2D eigenvalue weighted by Gasteiger charge is -2.28. The van der Waals surface area contributed by atoms with E-state index in [1.165, 1.54) is 7.11 Å². The molecule has 5 heteroatoms. The Morgan fingerprint density at radius 1 is 1.25 bits per heavy atom. The van der Waals surface area contributed by atoms with Gasteiger partial charge in [0.05, 0.1) is 20.8 Å². The van der Waals surface area contributed by atoms with Crippen molar-refractivity contribution < 1.29 is 24.4 Å². The molecule has 88 valence electrons. The van der Waals surface area contributed by atoms with Crippen LogP contribution in [0.2, 0.25) is 0 Å². The third kappa shape index (κ3) is 1.63. The van der Waals surface area contributed by atoms with E-state index >= 15 is 0 Å². The maximum atomic E-state index is 9.74. The second kappa shape index (κ2) is 4.29. The van der Waals surface area contributed by atoms with Gasteiger partial charge in [-0.2, -0.15) is 0 Å². The van der Waals surface area contributed by atoms with Crippen LogP contribution in [0.4, 0.5) is 0 Å². The molecule has 2 rings (SSSR count).